The molecule has 3 rings (SSSR count). The lowest BCUT2D eigenvalue weighted by Gasteiger charge is -2.46. The molecule has 0 N–H and O–H groups in total. The minimum absolute atomic E-state index is 0.112. The topological polar surface area (TPSA) is 51.4 Å². The maximum Gasteiger partial charge on any atom is 0.266 e. The van der Waals surface area contributed by atoms with E-state index >= 15 is 0 Å². The summed E-state index contributed by atoms with van der Waals surface area (Å²) in [6.45, 7) is 2.72. The van der Waals surface area contributed by atoms with Crippen molar-refractivity contribution in [2.75, 3.05) is 24.6 Å². The molecule has 2 fully saturated rings. The van der Waals surface area contributed by atoms with E-state index in [1.54, 1.807) is 0 Å². The average Bonchev–Trinajstić information content (AvgIpc) is 2.72. The minimum atomic E-state index is 0.112. The summed E-state index contributed by atoms with van der Waals surface area (Å²) >= 11 is 0. The Morgan fingerprint density at radius 2 is 2.38 bits per heavy atom. The Balaban J connectivity index is 1.68. The zero-order valence-corrected chi connectivity index (χ0v) is 7.27. The lowest BCUT2D eigenvalue weighted by atomic mass is 9.91. The molecule has 70 valence electrons. The van der Waals surface area contributed by atoms with Crippen LogP contribution in [-0.4, -0.2) is 35.4 Å². The lowest BCUT2D eigenvalue weighted by Crippen LogP contribution is -2.61. The van der Waals surface area contributed by atoms with Crippen molar-refractivity contribution in [3.63, 3.8) is 0 Å². The highest BCUT2D eigenvalue weighted by Crippen LogP contribution is 2.36. The highest BCUT2D eigenvalue weighted by atomic mass is 16.5. The summed E-state index contributed by atoms with van der Waals surface area (Å²) in [6, 6.07) is 0. The first kappa shape index (κ1) is 7.32. The fourth-order valence-corrected chi connectivity index (χ4v) is 2.10. The fraction of sp³-hybridized carbons (Fsp3) is 0.750. The zero-order valence-electron chi connectivity index (χ0n) is 7.27. The Bertz CT molecular complexity index is 284. The Hall–Kier alpha value is -1.10. The Morgan fingerprint density at radius 3 is 3.00 bits per heavy atom. The molecule has 0 aromatic carbocycles. The van der Waals surface area contributed by atoms with E-state index in [1.165, 1.54) is 19.2 Å². The predicted octanol–water partition coefficient (Wildman–Crippen LogP) is 0.439. The molecular formula is C8H11N3O2. The monoisotopic (exact) mass is 181 g/mol. The number of anilines is 1. The molecule has 2 saturated heterocycles. The summed E-state index contributed by atoms with van der Waals surface area (Å²) < 4.78 is 10.4. The Morgan fingerprint density at radius 1 is 1.46 bits per heavy atom. The van der Waals surface area contributed by atoms with Crippen LogP contribution in [-0.2, 0) is 4.74 Å². The van der Waals surface area contributed by atoms with Gasteiger partial charge in [-0.25, -0.2) is 0 Å². The van der Waals surface area contributed by atoms with Crippen LogP contribution >= 0.6 is 0 Å². The Kier molecular flexibility index (Phi) is 1.38. The van der Waals surface area contributed by atoms with Gasteiger partial charge in [0.25, 0.3) is 5.95 Å². The number of aromatic nitrogens is 2. The van der Waals surface area contributed by atoms with Gasteiger partial charge in [0.2, 0.25) is 6.39 Å². The summed E-state index contributed by atoms with van der Waals surface area (Å²) in [4.78, 5) is 6.06. The molecule has 2 aliphatic rings. The second-order valence-corrected chi connectivity index (χ2v) is 3.72. The third-order valence-corrected chi connectivity index (χ3v) is 2.78. The van der Waals surface area contributed by atoms with E-state index in [4.69, 9.17) is 4.74 Å². The number of hydrogen-bond acceptors (Lipinski definition) is 5. The first-order chi connectivity index (χ1) is 6.38. The standard InChI is InChI=1S/C8H11N3O2/c1-2-8(12-3-1)4-11(5-8)7-9-6-13-10-7/h6H,1-5H2. The van der Waals surface area contributed by atoms with Crippen LogP contribution in [0.2, 0.25) is 0 Å². The van der Waals surface area contributed by atoms with Crippen molar-refractivity contribution in [1.82, 2.24) is 10.1 Å². The molecule has 5 nitrogen and oxygen atoms in total. The maximum absolute atomic E-state index is 5.68. The molecule has 2 aliphatic heterocycles. The van der Waals surface area contributed by atoms with Crippen LogP contribution in [0.15, 0.2) is 10.9 Å². The Labute approximate surface area is 75.7 Å². The van der Waals surface area contributed by atoms with Crippen LogP contribution in [0.5, 0.6) is 0 Å². The van der Waals surface area contributed by atoms with E-state index in [0.29, 0.717) is 5.95 Å². The van der Waals surface area contributed by atoms with Gasteiger partial charge in [0.1, 0.15) is 5.60 Å². The largest absolute Gasteiger partial charge is 0.371 e. The molecule has 1 spiro atoms. The molecule has 1 aromatic rings. The van der Waals surface area contributed by atoms with Gasteiger partial charge in [-0.1, -0.05) is 0 Å². The van der Waals surface area contributed by atoms with Crippen molar-refractivity contribution in [1.29, 1.82) is 0 Å². The number of ether oxygens (including phenoxy) is 1. The van der Waals surface area contributed by atoms with Gasteiger partial charge in [-0.15, -0.1) is 0 Å². The summed E-state index contributed by atoms with van der Waals surface area (Å²) in [6.07, 6.45) is 3.71. The van der Waals surface area contributed by atoms with E-state index in [-0.39, 0.29) is 5.60 Å². The van der Waals surface area contributed by atoms with Gasteiger partial charge in [0.15, 0.2) is 0 Å². The normalized spacial score (nSPS) is 25.1. The molecule has 0 amide bonds. The number of rotatable bonds is 1. The third kappa shape index (κ3) is 1.03. The van der Waals surface area contributed by atoms with Crippen molar-refractivity contribution in [3.8, 4) is 0 Å². The van der Waals surface area contributed by atoms with Crippen molar-refractivity contribution in [3.05, 3.63) is 6.39 Å². The van der Waals surface area contributed by atoms with Crippen LogP contribution < -0.4 is 4.90 Å². The molecule has 0 atom stereocenters. The molecular weight excluding hydrogens is 170 g/mol. The predicted molar refractivity (Wildman–Crippen MR) is 44.4 cm³/mol. The fourth-order valence-electron chi connectivity index (χ4n) is 2.10. The number of nitrogens with zero attached hydrogens (tertiary/aromatic N) is 3. The molecule has 13 heavy (non-hydrogen) atoms. The molecule has 0 unspecified atom stereocenters. The molecule has 3 heterocycles. The highest BCUT2D eigenvalue weighted by Gasteiger charge is 2.47. The van der Waals surface area contributed by atoms with Crippen molar-refractivity contribution in [2.45, 2.75) is 18.4 Å². The van der Waals surface area contributed by atoms with Gasteiger partial charge in [0.05, 0.1) is 13.1 Å². The molecule has 0 saturated carbocycles. The first-order valence-electron chi connectivity index (χ1n) is 4.53. The summed E-state index contributed by atoms with van der Waals surface area (Å²) in [5.41, 5.74) is 0.112. The van der Waals surface area contributed by atoms with Crippen LogP contribution in [0.4, 0.5) is 5.95 Å². The molecule has 5 heteroatoms. The van der Waals surface area contributed by atoms with Crippen LogP contribution in [0.25, 0.3) is 0 Å². The van der Waals surface area contributed by atoms with E-state index in [9.17, 15) is 0 Å². The first-order valence-corrected chi connectivity index (χ1v) is 4.53. The smallest absolute Gasteiger partial charge is 0.266 e. The van der Waals surface area contributed by atoms with Gasteiger partial charge < -0.3 is 14.2 Å². The molecule has 0 radical (unpaired) electrons. The van der Waals surface area contributed by atoms with E-state index in [2.05, 4.69) is 19.6 Å². The van der Waals surface area contributed by atoms with Gasteiger partial charge in [-0.2, -0.15) is 4.98 Å². The maximum atomic E-state index is 5.68. The van der Waals surface area contributed by atoms with Crippen LogP contribution in [0.3, 0.4) is 0 Å². The van der Waals surface area contributed by atoms with Gasteiger partial charge in [0, 0.05) is 6.61 Å². The van der Waals surface area contributed by atoms with Gasteiger partial charge in [-0.3, -0.25) is 0 Å². The minimum Gasteiger partial charge on any atom is -0.371 e. The van der Waals surface area contributed by atoms with Crippen molar-refractivity contribution < 1.29 is 9.26 Å². The van der Waals surface area contributed by atoms with E-state index < -0.39 is 0 Å². The molecule has 0 bridgehead atoms. The van der Waals surface area contributed by atoms with Crippen LogP contribution in [0, 0.1) is 0 Å². The zero-order chi connectivity index (χ0) is 8.73. The van der Waals surface area contributed by atoms with Crippen molar-refractivity contribution in [2.24, 2.45) is 0 Å². The van der Waals surface area contributed by atoms with Gasteiger partial charge in [-0.05, 0) is 18.0 Å². The van der Waals surface area contributed by atoms with Crippen molar-refractivity contribution >= 4 is 5.95 Å². The summed E-state index contributed by atoms with van der Waals surface area (Å²) in [5.74, 6) is 0.682. The second kappa shape index (κ2) is 2.45. The van der Waals surface area contributed by atoms with Gasteiger partial charge >= 0.3 is 0 Å². The van der Waals surface area contributed by atoms with E-state index in [1.807, 2.05) is 0 Å². The summed E-state index contributed by atoms with van der Waals surface area (Å²) in [5, 5.41) is 3.78. The molecule has 0 aliphatic carbocycles. The second-order valence-electron chi connectivity index (χ2n) is 3.72. The number of hydrogen-bond donors (Lipinski definition) is 0. The average molecular weight is 181 g/mol. The quantitative estimate of drug-likeness (QED) is 0.629. The molecule has 1 aromatic heterocycles. The van der Waals surface area contributed by atoms with E-state index in [0.717, 1.165) is 19.7 Å². The highest BCUT2D eigenvalue weighted by molar-refractivity contribution is 5.35. The summed E-state index contributed by atoms with van der Waals surface area (Å²) in [7, 11) is 0. The lowest BCUT2D eigenvalue weighted by molar-refractivity contribution is -0.0189. The SMILES string of the molecule is c1nc(N2CC3(CCCO3)C2)no1. The third-order valence-electron chi connectivity index (χ3n) is 2.78. The van der Waals surface area contributed by atoms with Crippen LogP contribution in [0.1, 0.15) is 12.8 Å².